The molecule has 2 N–H and O–H groups in total. The molecule has 0 radical (unpaired) electrons. The van der Waals surface area contributed by atoms with E-state index in [1.807, 2.05) is 0 Å². The van der Waals surface area contributed by atoms with Crippen molar-refractivity contribution in [2.75, 3.05) is 10.6 Å². The molecule has 2 nitrogen and oxygen atoms in total. The van der Waals surface area contributed by atoms with E-state index in [4.69, 9.17) is 5.73 Å². The molecule has 3 unspecified atom stereocenters. The third kappa shape index (κ3) is 6.28. The first-order valence-corrected chi connectivity index (χ1v) is 24.0. The third-order valence-electron chi connectivity index (χ3n) is 15.5. The van der Waals surface area contributed by atoms with Gasteiger partial charge in [0.25, 0.3) is 0 Å². The van der Waals surface area contributed by atoms with Gasteiger partial charge in [-0.2, -0.15) is 0 Å². The molecule has 2 heteroatoms. The SMILES string of the molecule is CC(C)c1ccc(N)c(-c2cccc(C3(C4C=CC(N(c5ccccc5)c5ccc(C6(C(C)(C)C)C7=C(CCC=C7)c7ccccc76)cc5)=CC4)C4=C(CCC=C4)c4ccccc43)c2)c1. The van der Waals surface area contributed by atoms with Crippen LogP contribution in [0.5, 0.6) is 0 Å². The molecule has 3 atom stereocenters. The lowest BCUT2D eigenvalue weighted by molar-refractivity contribution is 0.275. The fraction of sp³-hybridized carbons (Fsp3) is 0.238. The van der Waals surface area contributed by atoms with E-state index >= 15 is 0 Å². The van der Waals surface area contributed by atoms with Gasteiger partial charge >= 0.3 is 0 Å². The van der Waals surface area contributed by atoms with Crippen LogP contribution in [0.25, 0.3) is 22.3 Å². The Bertz CT molecular complexity index is 3030. The summed E-state index contributed by atoms with van der Waals surface area (Å²) >= 11 is 0. The quantitative estimate of drug-likeness (QED) is 0.155. The van der Waals surface area contributed by atoms with Gasteiger partial charge in [-0.1, -0.05) is 174 Å². The second kappa shape index (κ2) is 15.8. The Hall–Kier alpha value is -6.64. The van der Waals surface area contributed by atoms with Crippen molar-refractivity contribution >= 4 is 28.2 Å². The summed E-state index contributed by atoms with van der Waals surface area (Å²) < 4.78 is 0. The van der Waals surface area contributed by atoms with Gasteiger partial charge in [0.15, 0.2) is 0 Å². The Morgan fingerprint density at radius 3 is 1.94 bits per heavy atom. The first kappa shape index (κ1) is 41.1. The molecule has 11 rings (SSSR count). The van der Waals surface area contributed by atoms with E-state index in [1.165, 1.54) is 72.5 Å². The van der Waals surface area contributed by atoms with Crippen LogP contribution in [-0.2, 0) is 10.8 Å². The van der Waals surface area contributed by atoms with Crippen molar-refractivity contribution in [3.8, 4) is 11.1 Å². The minimum absolute atomic E-state index is 0.0615. The molecule has 6 aromatic carbocycles. The van der Waals surface area contributed by atoms with E-state index in [-0.39, 0.29) is 22.2 Å². The summed E-state index contributed by atoms with van der Waals surface area (Å²) in [6.45, 7) is 11.8. The second-order valence-electron chi connectivity index (χ2n) is 20.2. The standard InChI is InChI=1S/C63H60N2/c1-42(2)43-30-39-60(64)55(41-43)44-18-17-19-47(40-44)62(56-26-13-9-22-51(56)52-23-10-14-27-57(52)62)45-31-35-49(36-32-45)65(48-20-7-6-8-21-48)50-37-33-46(34-38-50)63(61(3,4)5)58-28-15-11-24-53(58)54-25-12-16-29-59(54)63/h6-9,11,13-22,24,26-31,33-42,45H,10,12,23,25,32,64H2,1-5H3. The number of anilines is 3. The number of hydrogen-bond donors (Lipinski definition) is 1. The highest BCUT2D eigenvalue weighted by atomic mass is 15.1. The summed E-state index contributed by atoms with van der Waals surface area (Å²) in [7, 11) is 0. The molecule has 0 aromatic heterocycles. The predicted octanol–water partition coefficient (Wildman–Crippen LogP) is 16.2. The van der Waals surface area contributed by atoms with Crippen LogP contribution in [0, 0.1) is 11.3 Å². The molecule has 0 spiro atoms. The number of allylic oxidation sites excluding steroid dienone is 11. The van der Waals surface area contributed by atoms with Crippen LogP contribution in [0.15, 0.2) is 205 Å². The predicted molar refractivity (Wildman–Crippen MR) is 275 cm³/mol. The number of hydrogen-bond acceptors (Lipinski definition) is 2. The van der Waals surface area contributed by atoms with Crippen molar-refractivity contribution in [3.63, 3.8) is 0 Å². The van der Waals surface area contributed by atoms with Crippen LogP contribution in [0.3, 0.4) is 0 Å². The van der Waals surface area contributed by atoms with E-state index in [2.05, 4.69) is 228 Å². The number of fused-ring (bicyclic) bond motifs is 4. The summed E-state index contributed by atoms with van der Waals surface area (Å²) in [5, 5.41) is 0. The topological polar surface area (TPSA) is 29.3 Å². The first-order valence-electron chi connectivity index (χ1n) is 24.0. The van der Waals surface area contributed by atoms with Crippen molar-refractivity contribution in [3.05, 3.63) is 244 Å². The van der Waals surface area contributed by atoms with Gasteiger partial charge in [-0.05, 0) is 165 Å². The van der Waals surface area contributed by atoms with Gasteiger partial charge in [-0.25, -0.2) is 0 Å². The maximum Gasteiger partial charge on any atom is 0.0525 e. The van der Waals surface area contributed by atoms with E-state index < -0.39 is 0 Å². The summed E-state index contributed by atoms with van der Waals surface area (Å²) in [6, 6.07) is 54.8. The molecule has 0 saturated heterocycles. The highest BCUT2D eigenvalue weighted by Gasteiger charge is 2.53. The van der Waals surface area contributed by atoms with Crippen LogP contribution in [0.1, 0.15) is 112 Å². The van der Waals surface area contributed by atoms with Crippen LogP contribution in [0.2, 0.25) is 0 Å². The molecule has 0 bridgehead atoms. The fourth-order valence-electron chi connectivity index (χ4n) is 12.6. The number of benzene rings is 6. The molecule has 0 saturated carbocycles. The van der Waals surface area contributed by atoms with Crippen molar-refractivity contribution < 1.29 is 0 Å². The number of nitrogen functional groups attached to an aromatic ring is 1. The molecule has 6 aromatic rings. The van der Waals surface area contributed by atoms with E-state index in [0.29, 0.717) is 5.92 Å². The first-order chi connectivity index (χ1) is 31.6. The monoisotopic (exact) mass is 844 g/mol. The Morgan fingerprint density at radius 2 is 1.25 bits per heavy atom. The highest BCUT2D eigenvalue weighted by Crippen LogP contribution is 2.62. The van der Waals surface area contributed by atoms with Gasteiger partial charge < -0.3 is 10.6 Å². The Morgan fingerprint density at radius 1 is 0.600 bits per heavy atom. The summed E-state index contributed by atoms with van der Waals surface area (Å²) in [6.07, 6.45) is 22.3. The average molecular weight is 845 g/mol. The van der Waals surface area contributed by atoms with Gasteiger partial charge in [-0.3, -0.25) is 0 Å². The number of nitrogens with two attached hydrogens (primary N) is 1. The van der Waals surface area contributed by atoms with Gasteiger partial charge in [0.05, 0.1) is 10.8 Å². The number of rotatable bonds is 8. The van der Waals surface area contributed by atoms with Crippen LogP contribution >= 0.6 is 0 Å². The zero-order valence-corrected chi connectivity index (χ0v) is 38.6. The fourth-order valence-corrected chi connectivity index (χ4v) is 12.6. The molecule has 0 amide bonds. The van der Waals surface area contributed by atoms with E-state index in [1.54, 1.807) is 0 Å². The van der Waals surface area contributed by atoms with Crippen LogP contribution in [-0.4, -0.2) is 0 Å². The normalized spacial score (nSPS) is 21.9. The molecule has 5 aliphatic carbocycles. The van der Waals surface area contributed by atoms with Crippen molar-refractivity contribution in [1.82, 2.24) is 0 Å². The molecule has 322 valence electrons. The maximum absolute atomic E-state index is 6.78. The smallest absolute Gasteiger partial charge is 0.0525 e. The summed E-state index contributed by atoms with van der Waals surface area (Å²) in [5.41, 5.74) is 28.3. The molecule has 0 heterocycles. The molecule has 65 heavy (non-hydrogen) atoms. The van der Waals surface area contributed by atoms with Gasteiger partial charge in [0.2, 0.25) is 0 Å². The summed E-state index contributed by atoms with van der Waals surface area (Å²) in [4.78, 5) is 2.46. The van der Waals surface area contributed by atoms with E-state index in [9.17, 15) is 0 Å². The summed E-state index contributed by atoms with van der Waals surface area (Å²) in [5.74, 6) is 0.592. The lowest BCUT2D eigenvalue weighted by Gasteiger charge is -2.46. The number of nitrogens with zero attached hydrogens (tertiary/aromatic N) is 1. The van der Waals surface area contributed by atoms with Crippen LogP contribution in [0.4, 0.5) is 17.1 Å². The minimum Gasteiger partial charge on any atom is -0.398 e. The highest BCUT2D eigenvalue weighted by molar-refractivity contribution is 5.89. The second-order valence-corrected chi connectivity index (χ2v) is 20.2. The van der Waals surface area contributed by atoms with Crippen molar-refractivity contribution in [2.45, 2.75) is 83.5 Å². The Labute approximate surface area is 387 Å². The van der Waals surface area contributed by atoms with Crippen molar-refractivity contribution in [2.24, 2.45) is 11.3 Å². The largest absolute Gasteiger partial charge is 0.398 e. The molecule has 5 aliphatic rings. The Balaban J connectivity index is 1.02. The molecular formula is C63H60N2. The van der Waals surface area contributed by atoms with Crippen molar-refractivity contribution in [1.29, 1.82) is 0 Å². The average Bonchev–Trinajstić information content (AvgIpc) is 3.82. The Kier molecular flexibility index (Phi) is 9.99. The lowest BCUT2D eigenvalue weighted by Crippen LogP contribution is -2.41. The molecule has 0 fully saturated rings. The lowest BCUT2D eigenvalue weighted by atomic mass is 9.56. The van der Waals surface area contributed by atoms with Gasteiger partial charge in [0.1, 0.15) is 0 Å². The maximum atomic E-state index is 6.78. The third-order valence-corrected chi connectivity index (χ3v) is 15.5. The zero-order valence-electron chi connectivity index (χ0n) is 38.6. The molecular weight excluding hydrogens is 785 g/mol. The van der Waals surface area contributed by atoms with Gasteiger partial charge in [0, 0.05) is 28.3 Å². The van der Waals surface area contributed by atoms with Gasteiger partial charge in [-0.15, -0.1) is 0 Å². The molecule has 0 aliphatic heterocycles. The number of para-hydroxylation sites is 1. The minimum atomic E-state index is -0.374. The zero-order chi connectivity index (χ0) is 44.5. The van der Waals surface area contributed by atoms with Crippen LogP contribution < -0.4 is 10.6 Å². The van der Waals surface area contributed by atoms with E-state index in [0.717, 1.165) is 54.7 Å².